The molecule has 0 aliphatic heterocycles. The molecule has 0 spiro atoms. The summed E-state index contributed by atoms with van der Waals surface area (Å²) >= 11 is 3.54. The highest BCUT2D eigenvalue weighted by Crippen LogP contribution is 2.38. The standard InChI is InChI=1S/C16H18N2OS2/c1-2-8-19-12-6-4-3-5-11(12)16(18-17)15-10-14-13(21-15)7-9-20-14/h3-7,9-10,16,18H,2,8,17H2,1H3. The first-order chi connectivity index (χ1) is 10.3. The van der Waals surface area contributed by atoms with Crippen molar-refractivity contribution in [3.05, 3.63) is 52.2 Å². The van der Waals surface area contributed by atoms with Crippen molar-refractivity contribution in [2.75, 3.05) is 6.61 Å². The van der Waals surface area contributed by atoms with E-state index in [-0.39, 0.29) is 6.04 Å². The molecule has 110 valence electrons. The van der Waals surface area contributed by atoms with Crippen molar-refractivity contribution >= 4 is 32.1 Å². The predicted octanol–water partition coefficient (Wildman–Crippen LogP) is 4.30. The van der Waals surface area contributed by atoms with Gasteiger partial charge in [0.05, 0.1) is 12.6 Å². The fourth-order valence-electron chi connectivity index (χ4n) is 2.31. The number of nitrogens with two attached hydrogens (primary N) is 1. The topological polar surface area (TPSA) is 47.3 Å². The molecule has 2 aromatic heterocycles. The molecule has 0 saturated carbocycles. The Hall–Kier alpha value is -1.40. The fourth-order valence-corrected chi connectivity index (χ4v) is 4.51. The molecule has 21 heavy (non-hydrogen) atoms. The summed E-state index contributed by atoms with van der Waals surface area (Å²) in [5.41, 5.74) is 4.02. The molecule has 0 fully saturated rings. The van der Waals surface area contributed by atoms with Crippen LogP contribution >= 0.6 is 22.7 Å². The Labute approximate surface area is 132 Å². The molecule has 0 radical (unpaired) electrons. The van der Waals surface area contributed by atoms with Crippen molar-refractivity contribution in [1.29, 1.82) is 0 Å². The normalized spacial score (nSPS) is 12.7. The maximum atomic E-state index is 5.86. The number of hydrogen-bond acceptors (Lipinski definition) is 5. The first kappa shape index (κ1) is 14.5. The number of ether oxygens (including phenoxy) is 1. The molecule has 0 bridgehead atoms. The molecule has 0 aliphatic carbocycles. The van der Waals surface area contributed by atoms with Crippen molar-refractivity contribution in [3.63, 3.8) is 0 Å². The molecule has 1 unspecified atom stereocenters. The molecule has 5 heteroatoms. The highest BCUT2D eigenvalue weighted by atomic mass is 32.1. The van der Waals surface area contributed by atoms with Gasteiger partial charge in [0.25, 0.3) is 0 Å². The summed E-state index contributed by atoms with van der Waals surface area (Å²) in [5.74, 6) is 6.73. The van der Waals surface area contributed by atoms with Gasteiger partial charge in [0.1, 0.15) is 5.75 Å². The average molecular weight is 318 g/mol. The molecule has 1 aromatic carbocycles. The lowest BCUT2D eigenvalue weighted by Gasteiger charge is -2.18. The van der Waals surface area contributed by atoms with Crippen LogP contribution in [-0.4, -0.2) is 6.61 Å². The summed E-state index contributed by atoms with van der Waals surface area (Å²) < 4.78 is 8.47. The summed E-state index contributed by atoms with van der Waals surface area (Å²) in [5, 5.41) is 2.12. The van der Waals surface area contributed by atoms with Gasteiger partial charge < -0.3 is 4.74 Å². The molecule has 0 saturated heterocycles. The van der Waals surface area contributed by atoms with Crippen LogP contribution in [0.1, 0.15) is 29.8 Å². The van der Waals surface area contributed by atoms with Crippen LogP contribution in [0.15, 0.2) is 41.8 Å². The van der Waals surface area contributed by atoms with E-state index in [0.29, 0.717) is 6.61 Å². The molecular weight excluding hydrogens is 300 g/mol. The first-order valence-electron chi connectivity index (χ1n) is 6.98. The van der Waals surface area contributed by atoms with Crippen molar-refractivity contribution in [2.45, 2.75) is 19.4 Å². The van der Waals surface area contributed by atoms with Gasteiger partial charge >= 0.3 is 0 Å². The first-order valence-corrected chi connectivity index (χ1v) is 8.68. The van der Waals surface area contributed by atoms with Crippen molar-refractivity contribution in [3.8, 4) is 5.75 Å². The van der Waals surface area contributed by atoms with Gasteiger partial charge in [-0.25, -0.2) is 5.43 Å². The summed E-state index contributed by atoms with van der Waals surface area (Å²) in [7, 11) is 0. The van der Waals surface area contributed by atoms with E-state index >= 15 is 0 Å². The van der Waals surface area contributed by atoms with Gasteiger partial charge in [0, 0.05) is 19.8 Å². The fraction of sp³-hybridized carbons (Fsp3) is 0.250. The molecule has 0 amide bonds. The van der Waals surface area contributed by atoms with Gasteiger partial charge in [-0.3, -0.25) is 5.84 Å². The van der Waals surface area contributed by atoms with Gasteiger partial charge in [-0.15, -0.1) is 22.7 Å². The van der Waals surface area contributed by atoms with Gasteiger partial charge in [0.2, 0.25) is 0 Å². The predicted molar refractivity (Wildman–Crippen MR) is 91.1 cm³/mol. The third kappa shape index (κ3) is 2.96. The third-order valence-corrected chi connectivity index (χ3v) is 5.46. The van der Waals surface area contributed by atoms with E-state index in [1.165, 1.54) is 14.3 Å². The minimum atomic E-state index is -0.0392. The van der Waals surface area contributed by atoms with Crippen LogP contribution in [0.25, 0.3) is 9.40 Å². The lowest BCUT2D eigenvalue weighted by atomic mass is 10.0. The van der Waals surface area contributed by atoms with Gasteiger partial charge in [-0.2, -0.15) is 0 Å². The zero-order valence-electron chi connectivity index (χ0n) is 11.8. The second-order valence-corrected chi connectivity index (χ2v) is 6.85. The van der Waals surface area contributed by atoms with Crippen LogP contribution in [0.4, 0.5) is 0 Å². The monoisotopic (exact) mass is 318 g/mol. The number of rotatable bonds is 6. The Morgan fingerprint density at radius 3 is 2.86 bits per heavy atom. The number of benzene rings is 1. The number of nitrogens with one attached hydrogen (secondary N) is 1. The number of hydrazine groups is 1. The van der Waals surface area contributed by atoms with Gasteiger partial charge in [-0.1, -0.05) is 25.1 Å². The smallest absolute Gasteiger partial charge is 0.124 e. The van der Waals surface area contributed by atoms with Crippen LogP contribution in [0.2, 0.25) is 0 Å². The van der Waals surface area contributed by atoms with E-state index in [4.69, 9.17) is 10.6 Å². The van der Waals surface area contributed by atoms with Crippen molar-refractivity contribution in [2.24, 2.45) is 5.84 Å². The maximum absolute atomic E-state index is 5.86. The Balaban J connectivity index is 1.97. The number of hydrogen-bond donors (Lipinski definition) is 2. The molecule has 3 aromatic rings. The van der Waals surface area contributed by atoms with E-state index < -0.39 is 0 Å². The summed E-state index contributed by atoms with van der Waals surface area (Å²) in [6.45, 7) is 2.82. The zero-order valence-corrected chi connectivity index (χ0v) is 13.5. The lowest BCUT2D eigenvalue weighted by Crippen LogP contribution is -2.28. The van der Waals surface area contributed by atoms with Crippen LogP contribution in [0, 0.1) is 0 Å². The Morgan fingerprint density at radius 2 is 2.10 bits per heavy atom. The van der Waals surface area contributed by atoms with Gasteiger partial charge in [-0.05, 0) is 30.0 Å². The van der Waals surface area contributed by atoms with E-state index in [1.807, 2.05) is 18.2 Å². The molecule has 1 atom stereocenters. The molecule has 3 rings (SSSR count). The highest BCUT2D eigenvalue weighted by molar-refractivity contribution is 7.27. The molecule has 2 heterocycles. The van der Waals surface area contributed by atoms with Crippen molar-refractivity contribution < 1.29 is 4.74 Å². The molecule has 3 N–H and O–H groups in total. The second-order valence-electron chi connectivity index (χ2n) is 4.78. The zero-order chi connectivity index (χ0) is 14.7. The number of thiophene rings is 2. The Morgan fingerprint density at radius 1 is 1.24 bits per heavy atom. The minimum Gasteiger partial charge on any atom is -0.493 e. The minimum absolute atomic E-state index is 0.0392. The third-order valence-electron chi connectivity index (χ3n) is 3.30. The second kappa shape index (κ2) is 6.58. The Bertz CT molecular complexity index is 691. The summed E-state index contributed by atoms with van der Waals surface area (Å²) in [4.78, 5) is 1.21. The van der Waals surface area contributed by atoms with Crippen LogP contribution in [0.5, 0.6) is 5.75 Å². The quantitative estimate of drug-likeness (QED) is 0.526. The largest absolute Gasteiger partial charge is 0.493 e. The maximum Gasteiger partial charge on any atom is 0.124 e. The van der Waals surface area contributed by atoms with Crippen LogP contribution in [0.3, 0.4) is 0 Å². The number of para-hydroxylation sites is 1. The molecule has 0 aliphatic rings. The lowest BCUT2D eigenvalue weighted by molar-refractivity contribution is 0.312. The van der Waals surface area contributed by atoms with Crippen LogP contribution in [-0.2, 0) is 0 Å². The number of fused-ring (bicyclic) bond motifs is 1. The van der Waals surface area contributed by atoms with E-state index in [1.54, 1.807) is 22.7 Å². The van der Waals surface area contributed by atoms with E-state index in [0.717, 1.165) is 17.7 Å². The summed E-state index contributed by atoms with van der Waals surface area (Å²) in [6.07, 6.45) is 0.990. The van der Waals surface area contributed by atoms with E-state index in [9.17, 15) is 0 Å². The average Bonchev–Trinajstić information content (AvgIpc) is 3.08. The molecule has 3 nitrogen and oxygen atoms in total. The van der Waals surface area contributed by atoms with Crippen molar-refractivity contribution in [1.82, 2.24) is 5.43 Å². The van der Waals surface area contributed by atoms with Gasteiger partial charge in [0.15, 0.2) is 0 Å². The van der Waals surface area contributed by atoms with E-state index in [2.05, 4.69) is 35.9 Å². The van der Waals surface area contributed by atoms with Crippen LogP contribution < -0.4 is 16.0 Å². The Kier molecular flexibility index (Phi) is 4.55. The molecular formula is C16H18N2OS2. The SMILES string of the molecule is CCCOc1ccccc1C(NN)c1cc2sccc2s1. The highest BCUT2D eigenvalue weighted by Gasteiger charge is 2.19. The summed E-state index contributed by atoms with van der Waals surface area (Å²) in [6, 6.07) is 12.4.